The van der Waals surface area contributed by atoms with Crippen molar-refractivity contribution in [2.45, 2.75) is 32.5 Å². The number of nitrogens with one attached hydrogen (secondary N) is 2. The molecule has 3 rings (SSSR count). The first-order valence-corrected chi connectivity index (χ1v) is 10.6. The molecule has 1 heterocycles. The first kappa shape index (κ1) is 22.0. The van der Waals surface area contributed by atoms with Gasteiger partial charge in [-0.2, -0.15) is 0 Å². The van der Waals surface area contributed by atoms with Gasteiger partial charge in [0, 0.05) is 57.3 Å². The summed E-state index contributed by atoms with van der Waals surface area (Å²) in [5.74, 6) is -0.229. The Balaban J connectivity index is 1.42. The Morgan fingerprint density at radius 2 is 1.67 bits per heavy atom. The number of benzene rings is 2. The van der Waals surface area contributed by atoms with Crippen LogP contribution in [0, 0.1) is 0 Å². The number of likely N-dealkylation sites (N-methyl/N-ethyl adjacent to an activating group) is 1. The zero-order chi connectivity index (χ0) is 21.3. The molecule has 1 saturated heterocycles. The lowest BCUT2D eigenvalue weighted by atomic mass is 10.1. The Morgan fingerprint density at radius 3 is 2.40 bits per heavy atom. The predicted molar refractivity (Wildman–Crippen MR) is 119 cm³/mol. The van der Waals surface area contributed by atoms with Crippen LogP contribution >= 0.6 is 0 Å². The third-order valence-corrected chi connectivity index (χ3v) is 5.39. The van der Waals surface area contributed by atoms with E-state index in [9.17, 15) is 9.59 Å². The van der Waals surface area contributed by atoms with Gasteiger partial charge in [-0.3, -0.25) is 14.5 Å². The maximum Gasteiger partial charge on any atom is 0.251 e. The smallest absolute Gasteiger partial charge is 0.251 e. The van der Waals surface area contributed by atoms with E-state index in [-0.39, 0.29) is 24.3 Å². The van der Waals surface area contributed by atoms with Crippen molar-refractivity contribution in [3.05, 3.63) is 71.3 Å². The van der Waals surface area contributed by atoms with Gasteiger partial charge in [-0.1, -0.05) is 42.5 Å². The average molecular weight is 409 g/mol. The molecule has 2 N–H and O–H groups in total. The lowest BCUT2D eigenvalue weighted by Gasteiger charge is -2.32. The summed E-state index contributed by atoms with van der Waals surface area (Å²) < 4.78 is 0. The summed E-state index contributed by atoms with van der Waals surface area (Å²) in [6.07, 6.45) is 0.250. The molecule has 0 radical (unpaired) electrons. The van der Waals surface area contributed by atoms with E-state index in [0.29, 0.717) is 12.1 Å². The third kappa shape index (κ3) is 6.97. The molecular formula is C24H32N4O2. The van der Waals surface area contributed by atoms with Crippen molar-refractivity contribution in [1.82, 2.24) is 20.4 Å². The Bertz CT molecular complexity index is 832. The Kier molecular flexibility index (Phi) is 7.99. The van der Waals surface area contributed by atoms with Gasteiger partial charge in [-0.25, -0.2) is 0 Å². The summed E-state index contributed by atoms with van der Waals surface area (Å²) in [7, 11) is 2.16. The van der Waals surface area contributed by atoms with Gasteiger partial charge in [0.2, 0.25) is 5.91 Å². The molecule has 0 aliphatic carbocycles. The van der Waals surface area contributed by atoms with E-state index in [1.165, 1.54) is 5.56 Å². The zero-order valence-corrected chi connectivity index (χ0v) is 17.9. The Hall–Kier alpha value is -2.70. The minimum Gasteiger partial charge on any atom is -0.352 e. The van der Waals surface area contributed by atoms with Crippen LogP contribution in [0.4, 0.5) is 0 Å². The highest BCUT2D eigenvalue weighted by molar-refractivity contribution is 5.94. The van der Waals surface area contributed by atoms with E-state index in [1.807, 2.05) is 31.2 Å². The van der Waals surface area contributed by atoms with Gasteiger partial charge in [0.15, 0.2) is 0 Å². The van der Waals surface area contributed by atoms with Gasteiger partial charge in [0.05, 0.1) is 0 Å². The molecule has 30 heavy (non-hydrogen) atoms. The van der Waals surface area contributed by atoms with Gasteiger partial charge < -0.3 is 15.5 Å². The molecule has 2 aromatic rings. The zero-order valence-electron chi connectivity index (χ0n) is 17.9. The van der Waals surface area contributed by atoms with Crippen molar-refractivity contribution in [3.8, 4) is 0 Å². The van der Waals surface area contributed by atoms with Gasteiger partial charge >= 0.3 is 0 Å². The highest BCUT2D eigenvalue weighted by Gasteiger charge is 2.15. The lowest BCUT2D eigenvalue weighted by molar-refractivity contribution is -0.121. The van der Waals surface area contributed by atoms with Gasteiger partial charge in [-0.05, 0) is 37.2 Å². The fourth-order valence-corrected chi connectivity index (χ4v) is 3.60. The number of piperazine rings is 1. The second-order valence-corrected chi connectivity index (χ2v) is 8.12. The molecule has 0 saturated carbocycles. The van der Waals surface area contributed by atoms with Crippen LogP contribution < -0.4 is 10.6 Å². The second-order valence-electron chi connectivity index (χ2n) is 8.12. The maximum atomic E-state index is 12.3. The quantitative estimate of drug-likeness (QED) is 0.703. The molecule has 0 aromatic heterocycles. The standard InChI is InChI=1S/C24H32N4O2/c1-19(26-24(30)22-9-4-3-5-10-22)15-23(29)25-17-20-7-6-8-21(16-20)18-28-13-11-27(2)12-14-28/h3-10,16,19H,11-15,17-18H2,1-2H3,(H,25,29)(H,26,30). The van der Waals surface area contributed by atoms with Crippen LogP contribution in [0.2, 0.25) is 0 Å². The molecule has 1 atom stereocenters. The monoisotopic (exact) mass is 408 g/mol. The summed E-state index contributed by atoms with van der Waals surface area (Å²) in [5, 5.41) is 5.84. The third-order valence-electron chi connectivity index (χ3n) is 5.39. The molecule has 2 amide bonds. The molecule has 6 nitrogen and oxygen atoms in total. The summed E-state index contributed by atoms with van der Waals surface area (Å²) in [5.41, 5.74) is 2.97. The summed E-state index contributed by atoms with van der Waals surface area (Å²) in [4.78, 5) is 29.3. The molecule has 1 aliphatic rings. The predicted octanol–water partition coefficient (Wildman–Crippen LogP) is 2.26. The number of carbonyl (C=O) groups excluding carboxylic acids is 2. The molecule has 1 unspecified atom stereocenters. The number of rotatable bonds is 8. The van der Waals surface area contributed by atoms with Gasteiger partial charge in [0.25, 0.3) is 5.91 Å². The fourth-order valence-electron chi connectivity index (χ4n) is 3.60. The Morgan fingerprint density at radius 1 is 0.967 bits per heavy atom. The van der Waals surface area contributed by atoms with Crippen LogP contribution in [-0.4, -0.2) is 60.9 Å². The number of nitrogens with zero attached hydrogens (tertiary/aromatic N) is 2. The van der Waals surface area contributed by atoms with Gasteiger partial charge in [-0.15, -0.1) is 0 Å². The summed E-state index contributed by atoms with van der Waals surface area (Å²) >= 11 is 0. The molecule has 1 aliphatic heterocycles. The lowest BCUT2D eigenvalue weighted by Crippen LogP contribution is -2.43. The summed E-state index contributed by atoms with van der Waals surface area (Å²) in [6.45, 7) is 7.67. The SMILES string of the molecule is CC(CC(=O)NCc1cccc(CN2CCN(C)CC2)c1)NC(=O)c1ccccc1. The molecular weight excluding hydrogens is 376 g/mol. The highest BCUT2D eigenvalue weighted by Crippen LogP contribution is 2.10. The van der Waals surface area contributed by atoms with Crippen LogP contribution in [0.1, 0.15) is 34.8 Å². The van der Waals surface area contributed by atoms with E-state index < -0.39 is 0 Å². The maximum absolute atomic E-state index is 12.3. The average Bonchev–Trinajstić information content (AvgIpc) is 2.75. The normalized spacial score (nSPS) is 16.1. The van der Waals surface area contributed by atoms with E-state index in [2.05, 4.69) is 45.7 Å². The van der Waals surface area contributed by atoms with E-state index in [1.54, 1.807) is 12.1 Å². The van der Waals surface area contributed by atoms with E-state index >= 15 is 0 Å². The van der Waals surface area contributed by atoms with Crippen molar-refractivity contribution in [2.24, 2.45) is 0 Å². The van der Waals surface area contributed by atoms with Crippen LogP contribution in [0.3, 0.4) is 0 Å². The molecule has 0 spiro atoms. The molecule has 0 bridgehead atoms. The Labute approximate surface area is 179 Å². The first-order chi connectivity index (χ1) is 14.5. The molecule has 6 heteroatoms. The fraction of sp³-hybridized carbons (Fsp3) is 0.417. The molecule has 2 aromatic carbocycles. The van der Waals surface area contributed by atoms with Crippen molar-refractivity contribution < 1.29 is 9.59 Å². The number of carbonyl (C=O) groups is 2. The minimum atomic E-state index is -0.235. The second kappa shape index (κ2) is 10.9. The van der Waals surface area contributed by atoms with E-state index in [0.717, 1.165) is 38.3 Å². The van der Waals surface area contributed by atoms with E-state index in [4.69, 9.17) is 0 Å². The molecule has 1 fully saturated rings. The summed E-state index contributed by atoms with van der Waals surface area (Å²) in [6, 6.07) is 17.2. The topological polar surface area (TPSA) is 64.7 Å². The van der Waals surface area contributed by atoms with Crippen LogP contribution in [0.25, 0.3) is 0 Å². The minimum absolute atomic E-state index is 0.0691. The van der Waals surface area contributed by atoms with Crippen molar-refractivity contribution >= 4 is 11.8 Å². The molecule has 160 valence electrons. The van der Waals surface area contributed by atoms with Crippen molar-refractivity contribution in [3.63, 3.8) is 0 Å². The van der Waals surface area contributed by atoms with Crippen molar-refractivity contribution in [1.29, 1.82) is 0 Å². The van der Waals surface area contributed by atoms with Gasteiger partial charge in [0.1, 0.15) is 0 Å². The highest BCUT2D eigenvalue weighted by atomic mass is 16.2. The van der Waals surface area contributed by atoms with Crippen LogP contribution in [-0.2, 0) is 17.9 Å². The number of hydrogen-bond acceptors (Lipinski definition) is 4. The number of hydrogen-bond donors (Lipinski definition) is 2. The largest absolute Gasteiger partial charge is 0.352 e. The first-order valence-electron chi connectivity index (χ1n) is 10.6. The van der Waals surface area contributed by atoms with Crippen molar-refractivity contribution in [2.75, 3.05) is 33.2 Å². The number of amides is 2. The van der Waals surface area contributed by atoms with Crippen LogP contribution in [0.5, 0.6) is 0 Å². The van der Waals surface area contributed by atoms with Crippen LogP contribution in [0.15, 0.2) is 54.6 Å².